The fraction of sp³-hybridized carbons (Fsp3) is 1.00. The van der Waals surface area contributed by atoms with E-state index in [2.05, 4.69) is 10.1 Å². The van der Waals surface area contributed by atoms with Gasteiger partial charge in [0.2, 0.25) is 6.10 Å². The lowest BCUT2D eigenvalue weighted by molar-refractivity contribution is -0.322. The average molecular weight is 281 g/mol. The zero-order valence-electron chi connectivity index (χ0n) is 9.18. The van der Waals surface area contributed by atoms with Crippen molar-refractivity contribution in [2.45, 2.75) is 43.4 Å². The van der Waals surface area contributed by atoms with Gasteiger partial charge in [0.1, 0.15) is 0 Å². The highest BCUT2D eigenvalue weighted by Gasteiger charge is 2.58. The van der Waals surface area contributed by atoms with Crippen LogP contribution < -0.4 is 5.32 Å². The minimum Gasteiger partial charge on any atom is -0.395 e. The van der Waals surface area contributed by atoms with Crippen molar-refractivity contribution in [3.8, 4) is 0 Å². The van der Waals surface area contributed by atoms with Crippen LogP contribution in [0.5, 0.6) is 0 Å². The molecular weight excluding hydrogens is 268 g/mol. The Bertz CT molecular complexity index is 249. The van der Waals surface area contributed by atoms with E-state index >= 15 is 0 Å². The molecule has 0 radical (unpaired) electrons. The maximum atomic E-state index is 12.1. The molecule has 18 heavy (non-hydrogen) atoms. The van der Waals surface area contributed by atoms with Crippen LogP contribution in [0.1, 0.15) is 12.8 Å². The van der Waals surface area contributed by atoms with E-state index in [1.807, 2.05) is 0 Å². The van der Waals surface area contributed by atoms with Gasteiger partial charge in [-0.3, -0.25) is 0 Å². The van der Waals surface area contributed by atoms with Crippen LogP contribution in [0.4, 0.5) is 26.3 Å². The smallest absolute Gasteiger partial charge is 0.395 e. The third kappa shape index (κ3) is 4.99. The van der Waals surface area contributed by atoms with Gasteiger partial charge in [-0.15, -0.1) is 0 Å². The van der Waals surface area contributed by atoms with Gasteiger partial charge in [-0.2, -0.15) is 26.3 Å². The van der Waals surface area contributed by atoms with Crippen molar-refractivity contribution in [3.05, 3.63) is 0 Å². The summed E-state index contributed by atoms with van der Waals surface area (Å²) in [5.41, 5.74) is 0. The predicted octanol–water partition coefficient (Wildman–Crippen LogP) is 1.61. The van der Waals surface area contributed by atoms with Crippen molar-refractivity contribution < 1.29 is 36.2 Å². The van der Waals surface area contributed by atoms with Crippen LogP contribution in [-0.4, -0.2) is 48.9 Å². The molecule has 0 amide bonds. The number of alkyl halides is 6. The van der Waals surface area contributed by atoms with Crippen LogP contribution in [0.25, 0.3) is 0 Å². The van der Waals surface area contributed by atoms with Gasteiger partial charge in [0, 0.05) is 6.04 Å². The molecule has 2 N–H and O–H groups in total. The van der Waals surface area contributed by atoms with E-state index in [0.29, 0.717) is 0 Å². The van der Waals surface area contributed by atoms with Crippen molar-refractivity contribution in [1.29, 1.82) is 0 Å². The number of hydrogen-bond acceptors (Lipinski definition) is 3. The molecule has 0 bridgehead atoms. The first-order chi connectivity index (χ1) is 8.14. The maximum Gasteiger partial charge on any atom is 0.423 e. The molecule has 9 heteroatoms. The summed E-state index contributed by atoms with van der Waals surface area (Å²) in [7, 11) is 0. The Labute approximate surface area is 99.1 Å². The average Bonchev–Trinajstić information content (AvgIpc) is 2.95. The molecule has 0 aliphatic heterocycles. The summed E-state index contributed by atoms with van der Waals surface area (Å²) in [4.78, 5) is 0. The molecule has 1 aliphatic rings. The van der Waals surface area contributed by atoms with Crippen LogP contribution in [0.15, 0.2) is 0 Å². The molecule has 1 unspecified atom stereocenters. The van der Waals surface area contributed by atoms with Gasteiger partial charge < -0.3 is 15.2 Å². The van der Waals surface area contributed by atoms with Crippen molar-refractivity contribution in [2.24, 2.45) is 0 Å². The highest BCUT2D eigenvalue weighted by Crippen LogP contribution is 2.35. The second-order valence-corrected chi connectivity index (χ2v) is 4.12. The van der Waals surface area contributed by atoms with E-state index in [0.717, 1.165) is 12.8 Å². The minimum absolute atomic E-state index is 0.0426. The lowest BCUT2D eigenvalue weighted by Crippen LogP contribution is -2.48. The Morgan fingerprint density at radius 2 is 1.61 bits per heavy atom. The summed E-state index contributed by atoms with van der Waals surface area (Å²) >= 11 is 0. The number of rotatable bonds is 6. The first kappa shape index (κ1) is 15.5. The summed E-state index contributed by atoms with van der Waals surface area (Å²) in [6.45, 7) is -1.43. The molecule has 1 fully saturated rings. The van der Waals surface area contributed by atoms with Crippen LogP contribution in [0.3, 0.4) is 0 Å². The summed E-state index contributed by atoms with van der Waals surface area (Å²) in [6.07, 6.45) is -13.3. The molecule has 3 nitrogen and oxygen atoms in total. The topological polar surface area (TPSA) is 41.5 Å². The van der Waals surface area contributed by atoms with E-state index in [4.69, 9.17) is 5.11 Å². The van der Waals surface area contributed by atoms with Gasteiger partial charge in [0.05, 0.1) is 19.3 Å². The molecule has 0 aromatic rings. The Balaban J connectivity index is 2.49. The summed E-state index contributed by atoms with van der Waals surface area (Å²) in [5, 5.41) is 11.5. The van der Waals surface area contributed by atoms with Gasteiger partial charge in [-0.1, -0.05) is 0 Å². The van der Waals surface area contributed by atoms with Crippen molar-refractivity contribution in [3.63, 3.8) is 0 Å². The number of aliphatic hydroxyl groups excluding tert-OH is 1. The molecule has 0 saturated heterocycles. The first-order valence-corrected chi connectivity index (χ1v) is 5.26. The Kier molecular flexibility index (Phi) is 4.84. The quantitative estimate of drug-likeness (QED) is 0.727. The summed E-state index contributed by atoms with van der Waals surface area (Å²) < 4.78 is 76.6. The Morgan fingerprint density at radius 3 is 1.94 bits per heavy atom. The monoisotopic (exact) mass is 281 g/mol. The van der Waals surface area contributed by atoms with Crippen molar-refractivity contribution >= 4 is 0 Å². The second kappa shape index (κ2) is 5.62. The van der Waals surface area contributed by atoms with Gasteiger partial charge in [0.15, 0.2) is 0 Å². The van der Waals surface area contributed by atoms with Crippen LogP contribution in [0.2, 0.25) is 0 Å². The Morgan fingerprint density at radius 1 is 1.11 bits per heavy atom. The number of halogens is 6. The zero-order valence-corrected chi connectivity index (χ0v) is 9.18. The number of aliphatic hydroxyl groups is 1. The van der Waals surface area contributed by atoms with Gasteiger partial charge in [-0.05, 0) is 12.8 Å². The zero-order chi connectivity index (χ0) is 14.0. The lowest BCUT2D eigenvalue weighted by Gasteiger charge is -2.25. The third-order valence-corrected chi connectivity index (χ3v) is 2.33. The third-order valence-electron chi connectivity index (χ3n) is 2.33. The van der Waals surface area contributed by atoms with Crippen LogP contribution in [0, 0.1) is 0 Å². The molecule has 1 aliphatic carbocycles. The van der Waals surface area contributed by atoms with E-state index in [1.54, 1.807) is 0 Å². The largest absolute Gasteiger partial charge is 0.423 e. The molecule has 108 valence electrons. The fourth-order valence-electron chi connectivity index (χ4n) is 1.32. The van der Waals surface area contributed by atoms with Gasteiger partial charge in [-0.25, -0.2) is 0 Å². The molecular formula is C9H13F6NO2. The number of nitrogens with one attached hydrogen (secondary N) is 1. The van der Waals surface area contributed by atoms with Gasteiger partial charge >= 0.3 is 12.4 Å². The van der Waals surface area contributed by atoms with Crippen LogP contribution in [-0.2, 0) is 4.74 Å². The van der Waals surface area contributed by atoms with E-state index in [9.17, 15) is 26.3 Å². The molecule has 1 atom stereocenters. The fourth-order valence-corrected chi connectivity index (χ4v) is 1.32. The molecule has 0 aromatic carbocycles. The Hall–Kier alpha value is -0.540. The number of hydrogen-bond donors (Lipinski definition) is 2. The normalized spacial score (nSPS) is 19.3. The van der Waals surface area contributed by atoms with E-state index in [-0.39, 0.29) is 6.04 Å². The molecule has 1 rings (SSSR count). The maximum absolute atomic E-state index is 12.1. The number of ether oxygens (including phenoxy) is 1. The standard InChI is InChI=1S/C9H13F6NO2/c10-8(11,12)7(9(13,14)15)18-4-6(3-17)16-5-1-2-5/h5-7,16-17H,1-4H2. The van der Waals surface area contributed by atoms with Crippen molar-refractivity contribution in [1.82, 2.24) is 5.32 Å². The lowest BCUT2D eigenvalue weighted by atomic mass is 10.3. The molecule has 1 saturated carbocycles. The highest BCUT2D eigenvalue weighted by atomic mass is 19.4. The molecule has 0 aromatic heterocycles. The molecule has 0 spiro atoms. The molecule has 0 heterocycles. The summed E-state index contributed by atoms with van der Waals surface area (Å²) in [5.74, 6) is 0. The van der Waals surface area contributed by atoms with Gasteiger partial charge in [0.25, 0.3) is 0 Å². The summed E-state index contributed by atoms with van der Waals surface area (Å²) in [6, 6.07) is -0.884. The highest BCUT2D eigenvalue weighted by molar-refractivity contribution is 4.85. The second-order valence-electron chi connectivity index (χ2n) is 4.12. The van der Waals surface area contributed by atoms with E-state index < -0.39 is 37.7 Å². The van der Waals surface area contributed by atoms with E-state index in [1.165, 1.54) is 0 Å². The van der Waals surface area contributed by atoms with Crippen molar-refractivity contribution in [2.75, 3.05) is 13.2 Å². The SMILES string of the molecule is OCC(COC(C(F)(F)F)C(F)(F)F)NC1CC1. The first-order valence-electron chi connectivity index (χ1n) is 5.26. The van der Waals surface area contributed by atoms with Crippen LogP contribution >= 0.6 is 0 Å². The minimum atomic E-state index is -5.52. The predicted molar refractivity (Wildman–Crippen MR) is 48.9 cm³/mol.